The molecule has 0 fully saturated rings. The number of aliphatic carboxylic acids is 1. The Morgan fingerprint density at radius 1 is 1.07 bits per heavy atom. The Morgan fingerprint density at radius 2 is 1.67 bits per heavy atom. The maximum absolute atomic E-state index is 12.6. The van der Waals surface area contributed by atoms with Crippen molar-refractivity contribution in [1.82, 2.24) is 25.9 Å². The molecule has 0 aromatic carbocycles. The van der Waals surface area contributed by atoms with E-state index >= 15 is 0 Å². The van der Waals surface area contributed by atoms with Gasteiger partial charge >= 0.3 is 5.97 Å². The van der Waals surface area contributed by atoms with Gasteiger partial charge in [0.1, 0.15) is 18.1 Å². The summed E-state index contributed by atoms with van der Waals surface area (Å²) in [6.45, 7) is -0.404. The van der Waals surface area contributed by atoms with Crippen LogP contribution in [0.2, 0.25) is 0 Å². The van der Waals surface area contributed by atoms with Crippen molar-refractivity contribution in [2.75, 3.05) is 13.2 Å². The lowest BCUT2D eigenvalue weighted by Crippen LogP contribution is -2.59. The van der Waals surface area contributed by atoms with E-state index in [9.17, 15) is 29.4 Å². The molecule has 1 aromatic heterocycles. The number of H-pyrrole nitrogens is 1. The number of carbonyl (C=O) groups is 4. The Labute approximate surface area is 170 Å². The van der Waals surface area contributed by atoms with Crippen molar-refractivity contribution in [2.24, 2.45) is 5.73 Å². The van der Waals surface area contributed by atoms with Gasteiger partial charge in [-0.1, -0.05) is 0 Å². The zero-order valence-corrected chi connectivity index (χ0v) is 16.1. The lowest BCUT2D eigenvalue weighted by atomic mass is 10.1. The van der Waals surface area contributed by atoms with Crippen molar-refractivity contribution in [2.45, 2.75) is 43.6 Å². The smallest absolute Gasteiger partial charge is 0.328 e. The van der Waals surface area contributed by atoms with Crippen molar-refractivity contribution in [1.29, 1.82) is 0 Å². The van der Waals surface area contributed by atoms with Gasteiger partial charge in [-0.05, 0) is 6.92 Å². The SMILES string of the molecule is CC(O)C(NC(=O)C(CO)NC(=O)C(Cc1cnc[nH]1)NC(=O)C(N)CO)C(=O)O. The first-order valence-electron chi connectivity index (χ1n) is 8.87. The molecule has 0 spiro atoms. The van der Waals surface area contributed by atoms with Gasteiger partial charge in [0, 0.05) is 18.3 Å². The molecule has 3 amide bonds. The first-order valence-corrected chi connectivity index (χ1v) is 8.87. The quantitative estimate of drug-likeness (QED) is 0.153. The minimum absolute atomic E-state index is 0.0824. The highest BCUT2D eigenvalue weighted by molar-refractivity contribution is 5.94. The number of aliphatic hydroxyl groups is 3. The summed E-state index contributed by atoms with van der Waals surface area (Å²) in [4.78, 5) is 54.4. The number of imidazole rings is 1. The summed E-state index contributed by atoms with van der Waals surface area (Å²) in [6.07, 6.45) is 1.22. The predicted molar refractivity (Wildman–Crippen MR) is 99.5 cm³/mol. The van der Waals surface area contributed by atoms with Crippen LogP contribution in [0.5, 0.6) is 0 Å². The van der Waals surface area contributed by atoms with Crippen LogP contribution in [0.3, 0.4) is 0 Å². The van der Waals surface area contributed by atoms with E-state index in [0.717, 1.165) is 6.92 Å². The van der Waals surface area contributed by atoms with Gasteiger partial charge in [-0.2, -0.15) is 0 Å². The van der Waals surface area contributed by atoms with Crippen LogP contribution < -0.4 is 21.7 Å². The number of hydrogen-bond donors (Lipinski definition) is 9. The molecule has 14 nitrogen and oxygen atoms in total. The van der Waals surface area contributed by atoms with Crippen LogP contribution in [0.15, 0.2) is 12.5 Å². The number of nitrogens with two attached hydrogens (primary N) is 1. The Bertz CT molecular complexity index is 725. The summed E-state index contributed by atoms with van der Waals surface area (Å²) in [7, 11) is 0. The molecule has 0 saturated carbocycles. The van der Waals surface area contributed by atoms with E-state index in [4.69, 9.17) is 15.9 Å². The van der Waals surface area contributed by atoms with Crippen molar-refractivity contribution in [3.63, 3.8) is 0 Å². The second-order valence-electron chi connectivity index (χ2n) is 6.44. The highest BCUT2D eigenvalue weighted by atomic mass is 16.4. The lowest BCUT2D eigenvalue weighted by Gasteiger charge is -2.24. The van der Waals surface area contributed by atoms with E-state index in [0.29, 0.717) is 5.69 Å². The molecule has 30 heavy (non-hydrogen) atoms. The molecule has 0 aliphatic rings. The van der Waals surface area contributed by atoms with Gasteiger partial charge in [0.25, 0.3) is 0 Å². The summed E-state index contributed by atoms with van der Waals surface area (Å²) in [5, 5.41) is 43.4. The third kappa shape index (κ3) is 7.40. The molecule has 0 saturated heterocycles. The molecule has 1 aromatic rings. The number of carboxylic acids is 1. The van der Waals surface area contributed by atoms with E-state index in [1.807, 2.05) is 5.32 Å². The number of rotatable bonds is 12. The van der Waals surface area contributed by atoms with Gasteiger partial charge in [0.05, 0.1) is 25.6 Å². The van der Waals surface area contributed by atoms with Crippen LogP contribution in [0.4, 0.5) is 0 Å². The Kier molecular flexibility index (Phi) is 9.83. The van der Waals surface area contributed by atoms with Gasteiger partial charge in [-0.25, -0.2) is 9.78 Å². The van der Waals surface area contributed by atoms with Gasteiger partial charge in [0.15, 0.2) is 6.04 Å². The number of hydrogen-bond acceptors (Lipinski definition) is 9. The first kappa shape index (κ1) is 25.0. The number of nitrogens with zero attached hydrogens (tertiary/aromatic N) is 1. The van der Waals surface area contributed by atoms with Crippen molar-refractivity contribution < 1.29 is 39.6 Å². The number of amides is 3. The molecule has 5 atom stereocenters. The fourth-order valence-electron chi connectivity index (χ4n) is 2.30. The number of carboxylic acid groups (broad SMARTS) is 1. The third-order valence-electron chi connectivity index (χ3n) is 4.01. The standard InChI is InChI=1S/C16H26N6O8/c1-7(25)12(16(29)30)22-15(28)11(5-24)21-14(27)10(2-8-3-18-6-19-8)20-13(26)9(17)4-23/h3,6-7,9-12,23-25H,2,4-5,17H2,1H3,(H,18,19)(H,20,26)(H,21,27)(H,22,28)(H,29,30). The second kappa shape index (κ2) is 11.8. The third-order valence-corrected chi connectivity index (χ3v) is 4.01. The van der Waals surface area contributed by atoms with Gasteiger partial charge in [-0.15, -0.1) is 0 Å². The highest BCUT2D eigenvalue weighted by Crippen LogP contribution is 2.01. The van der Waals surface area contributed by atoms with Gasteiger partial charge < -0.3 is 47.1 Å². The van der Waals surface area contributed by atoms with Crippen LogP contribution in [0, 0.1) is 0 Å². The van der Waals surface area contributed by atoms with E-state index < -0.39 is 67.2 Å². The topological polar surface area (TPSA) is 240 Å². The highest BCUT2D eigenvalue weighted by Gasteiger charge is 2.31. The minimum atomic E-state index is -1.66. The molecule has 168 valence electrons. The number of aromatic amines is 1. The monoisotopic (exact) mass is 430 g/mol. The van der Waals surface area contributed by atoms with Crippen LogP contribution in [0.1, 0.15) is 12.6 Å². The van der Waals surface area contributed by atoms with Crippen LogP contribution in [0.25, 0.3) is 0 Å². The zero-order valence-electron chi connectivity index (χ0n) is 16.1. The van der Waals surface area contributed by atoms with E-state index in [1.54, 1.807) is 0 Å². The Balaban J connectivity index is 2.91. The molecule has 0 aliphatic carbocycles. The average Bonchev–Trinajstić information content (AvgIpc) is 3.21. The summed E-state index contributed by atoms with van der Waals surface area (Å²) in [5.41, 5.74) is 5.88. The zero-order chi connectivity index (χ0) is 22.8. The summed E-state index contributed by atoms with van der Waals surface area (Å²) >= 11 is 0. The second-order valence-corrected chi connectivity index (χ2v) is 6.44. The number of carbonyl (C=O) groups excluding carboxylic acids is 3. The molecule has 0 radical (unpaired) electrons. The Morgan fingerprint density at radius 3 is 2.13 bits per heavy atom. The fourth-order valence-corrected chi connectivity index (χ4v) is 2.30. The first-order chi connectivity index (χ1) is 14.1. The largest absolute Gasteiger partial charge is 0.480 e. The maximum atomic E-state index is 12.6. The molecule has 1 heterocycles. The van der Waals surface area contributed by atoms with Crippen molar-refractivity contribution >= 4 is 23.7 Å². The van der Waals surface area contributed by atoms with Crippen molar-refractivity contribution in [3.8, 4) is 0 Å². The number of nitrogens with one attached hydrogen (secondary N) is 4. The van der Waals surface area contributed by atoms with Crippen LogP contribution >= 0.6 is 0 Å². The maximum Gasteiger partial charge on any atom is 0.328 e. The summed E-state index contributed by atoms with van der Waals surface area (Å²) < 4.78 is 0. The lowest BCUT2D eigenvalue weighted by molar-refractivity contribution is -0.145. The van der Waals surface area contributed by atoms with Crippen molar-refractivity contribution in [3.05, 3.63) is 18.2 Å². The molecule has 14 heteroatoms. The Hall–Kier alpha value is -3.07. The predicted octanol–water partition coefficient (Wildman–Crippen LogP) is -4.82. The van der Waals surface area contributed by atoms with Gasteiger partial charge in [-0.3, -0.25) is 14.4 Å². The normalized spacial score (nSPS) is 15.9. The van der Waals surface area contributed by atoms with Crippen LogP contribution in [-0.4, -0.2) is 97.6 Å². The molecule has 10 N–H and O–H groups in total. The number of aromatic nitrogens is 2. The summed E-state index contributed by atoms with van der Waals surface area (Å²) in [6, 6.07) is -5.77. The van der Waals surface area contributed by atoms with Crippen LogP contribution in [-0.2, 0) is 25.6 Å². The molecule has 5 unspecified atom stereocenters. The fraction of sp³-hybridized carbons (Fsp3) is 0.562. The average molecular weight is 430 g/mol. The summed E-state index contributed by atoms with van der Waals surface area (Å²) in [5.74, 6) is -4.29. The van der Waals surface area contributed by atoms with E-state index in [2.05, 4.69) is 20.6 Å². The molecule has 0 bridgehead atoms. The van der Waals surface area contributed by atoms with E-state index in [1.165, 1.54) is 12.5 Å². The van der Waals surface area contributed by atoms with Gasteiger partial charge in [0.2, 0.25) is 17.7 Å². The molecule has 0 aliphatic heterocycles. The number of aliphatic hydroxyl groups excluding tert-OH is 3. The molecular formula is C16H26N6O8. The minimum Gasteiger partial charge on any atom is -0.480 e. The molecular weight excluding hydrogens is 404 g/mol. The molecule has 1 rings (SSSR count). The van der Waals surface area contributed by atoms with E-state index in [-0.39, 0.29) is 6.42 Å².